The highest BCUT2D eigenvalue weighted by Crippen LogP contribution is 2.26. The lowest BCUT2D eigenvalue weighted by molar-refractivity contribution is -0.0530. The minimum Gasteiger partial charge on any atom is -0.372 e. The van der Waals surface area contributed by atoms with Gasteiger partial charge in [-0.1, -0.05) is 18.2 Å². The zero-order valence-corrected chi connectivity index (χ0v) is 13.4. The average Bonchev–Trinajstić information content (AvgIpc) is 2.84. The molecule has 0 radical (unpaired) electrons. The van der Waals surface area contributed by atoms with Crippen molar-refractivity contribution in [2.45, 2.75) is 39.5 Å². The van der Waals surface area contributed by atoms with E-state index < -0.39 is 0 Å². The molecule has 0 bridgehead atoms. The fraction of sp³-hybridized carbons (Fsp3) is 0.471. The second kappa shape index (κ2) is 6.01. The molecular weight excluding hydrogens is 278 g/mol. The lowest BCUT2D eigenvalue weighted by atomic mass is 10.2. The van der Waals surface area contributed by atoms with Crippen LogP contribution in [0.1, 0.15) is 20.8 Å². The number of morpholine rings is 1. The summed E-state index contributed by atoms with van der Waals surface area (Å²) in [6.45, 7) is 8.23. The highest BCUT2D eigenvalue weighted by molar-refractivity contribution is 6.01. The smallest absolute Gasteiger partial charge is 0.322 e. The van der Waals surface area contributed by atoms with Gasteiger partial charge in [0.15, 0.2) is 0 Å². The van der Waals surface area contributed by atoms with Crippen molar-refractivity contribution < 1.29 is 9.53 Å². The quantitative estimate of drug-likeness (QED) is 0.925. The monoisotopic (exact) mass is 301 g/mol. The van der Waals surface area contributed by atoms with Crippen molar-refractivity contribution in [3.8, 4) is 0 Å². The summed E-state index contributed by atoms with van der Waals surface area (Å²) in [6, 6.07) is 8.08. The van der Waals surface area contributed by atoms with Gasteiger partial charge in [-0.2, -0.15) is 0 Å². The Bertz CT molecular complexity index is 670. The van der Waals surface area contributed by atoms with Crippen molar-refractivity contribution in [1.82, 2.24) is 9.47 Å². The average molecular weight is 301 g/mol. The summed E-state index contributed by atoms with van der Waals surface area (Å²) in [4.78, 5) is 14.4. The number of anilines is 1. The molecule has 2 aromatic rings. The van der Waals surface area contributed by atoms with Crippen LogP contribution in [-0.2, 0) is 11.3 Å². The van der Waals surface area contributed by atoms with Crippen LogP contribution in [0.5, 0.6) is 0 Å². The van der Waals surface area contributed by atoms with E-state index in [9.17, 15) is 4.79 Å². The minimum absolute atomic E-state index is 0.0546. The third-order valence-corrected chi connectivity index (χ3v) is 4.08. The molecule has 5 heteroatoms. The van der Waals surface area contributed by atoms with Crippen molar-refractivity contribution in [1.29, 1.82) is 0 Å². The molecule has 2 amide bonds. The van der Waals surface area contributed by atoms with Gasteiger partial charge in [0.2, 0.25) is 0 Å². The van der Waals surface area contributed by atoms with Crippen LogP contribution in [-0.4, -0.2) is 40.8 Å². The Hall–Kier alpha value is -2.01. The van der Waals surface area contributed by atoms with E-state index in [4.69, 9.17) is 4.74 Å². The Labute approximate surface area is 130 Å². The number of ether oxygens (including phenoxy) is 1. The summed E-state index contributed by atoms with van der Waals surface area (Å²) in [7, 11) is 0. The molecule has 22 heavy (non-hydrogen) atoms. The number of hydrogen-bond donors (Lipinski definition) is 1. The largest absolute Gasteiger partial charge is 0.372 e. The molecule has 1 fully saturated rings. The summed E-state index contributed by atoms with van der Waals surface area (Å²) >= 11 is 0. The zero-order valence-electron chi connectivity index (χ0n) is 13.4. The van der Waals surface area contributed by atoms with Gasteiger partial charge in [0.1, 0.15) is 0 Å². The number of benzene rings is 1. The summed E-state index contributed by atoms with van der Waals surface area (Å²) in [5.74, 6) is 0. The van der Waals surface area contributed by atoms with E-state index in [1.165, 1.54) is 0 Å². The van der Waals surface area contributed by atoms with E-state index in [0.717, 1.165) is 23.1 Å². The topological polar surface area (TPSA) is 46.5 Å². The molecule has 1 saturated heterocycles. The molecule has 2 atom stereocenters. The maximum atomic E-state index is 12.5. The second-order valence-corrected chi connectivity index (χ2v) is 5.94. The summed E-state index contributed by atoms with van der Waals surface area (Å²) in [6.07, 6.45) is 2.16. The number of carbonyl (C=O) groups is 1. The molecule has 0 aliphatic carbocycles. The van der Waals surface area contributed by atoms with Crippen molar-refractivity contribution in [3.63, 3.8) is 0 Å². The number of fused-ring (bicyclic) bond motifs is 1. The van der Waals surface area contributed by atoms with Gasteiger partial charge >= 0.3 is 6.03 Å². The normalized spacial score (nSPS) is 22.0. The van der Waals surface area contributed by atoms with E-state index in [1.807, 2.05) is 43.1 Å². The maximum Gasteiger partial charge on any atom is 0.322 e. The van der Waals surface area contributed by atoms with E-state index in [0.29, 0.717) is 13.1 Å². The molecule has 1 aromatic carbocycles. The van der Waals surface area contributed by atoms with E-state index in [-0.39, 0.29) is 18.2 Å². The third kappa shape index (κ3) is 2.81. The van der Waals surface area contributed by atoms with Gasteiger partial charge in [0.05, 0.1) is 23.4 Å². The van der Waals surface area contributed by atoms with Crippen LogP contribution >= 0.6 is 0 Å². The van der Waals surface area contributed by atoms with Gasteiger partial charge in [0.25, 0.3) is 0 Å². The van der Waals surface area contributed by atoms with Crippen molar-refractivity contribution in [3.05, 3.63) is 30.5 Å². The zero-order chi connectivity index (χ0) is 15.7. The maximum absolute atomic E-state index is 12.5. The van der Waals surface area contributed by atoms with Crippen LogP contribution in [0.3, 0.4) is 0 Å². The molecule has 0 saturated carbocycles. The number of hydrogen-bond acceptors (Lipinski definition) is 2. The third-order valence-electron chi connectivity index (χ3n) is 4.08. The molecule has 5 nitrogen and oxygen atoms in total. The standard InChI is InChI=1S/C17H23N3O2/c1-4-19-11-15(14-7-5-6-8-16(14)19)18-17(21)20-9-12(2)22-13(3)10-20/h5-8,11-13H,4,9-10H2,1-3H3,(H,18,21)/t12-,13-/m1/s1. The number of para-hydroxylation sites is 1. The number of rotatable bonds is 2. The Balaban J connectivity index is 1.82. The van der Waals surface area contributed by atoms with Gasteiger partial charge in [-0.15, -0.1) is 0 Å². The van der Waals surface area contributed by atoms with Gasteiger partial charge in [-0.05, 0) is 26.8 Å². The van der Waals surface area contributed by atoms with Crippen molar-refractivity contribution in [2.24, 2.45) is 0 Å². The van der Waals surface area contributed by atoms with Crippen molar-refractivity contribution >= 4 is 22.6 Å². The molecule has 0 unspecified atom stereocenters. The fourth-order valence-electron chi connectivity index (χ4n) is 3.15. The Morgan fingerprint density at radius 3 is 2.64 bits per heavy atom. The van der Waals surface area contributed by atoms with Crippen LogP contribution in [0.25, 0.3) is 10.9 Å². The van der Waals surface area contributed by atoms with Crippen LogP contribution in [0.4, 0.5) is 10.5 Å². The lowest BCUT2D eigenvalue weighted by Gasteiger charge is -2.35. The number of carbonyl (C=O) groups excluding carboxylic acids is 1. The molecular formula is C17H23N3O2. The molecule has 2 heterocycles. The molecule has 1 aliphatic heterocycles. The lowest BCUT2D eigenvalue weighted by Crippen LogP contribution is -2.49. The first-order valence-corrected chi connectivity index (χ1v) is 7.87. The molecule has 3 rings (SSSR count). The first-order chi connectivity index (χ1) is 10.6. The number of aryl methyl sites for hydroxylation is 1. The number of nitrogens with one attached hydrogen (secondary N) is 1. The Kier molecular flexibility index (Phi) is 4.07. The Morgan fingerprint density at radius 2 is 1.95 bits per heavy atom. The summed E-state index contributed by atoms with van der Waals surface area (Å²) < 4.78 is 7.83. The summed E-state index contributed by atoms with van der Waals surface area (Å²) in [5, 5.41) is 4.14. The molecule has 118 valence electrons. The van der Waals surface area contributed by atoms with Crippen LogP contribution in [0, 0.1) is 0 Å². The molecule has 0 spiro atoms. The van der Waals surface area contributed by atoms with Crippen LogP contribution in [0.15, 0.2) is 30.5 Å². The first-order valence-electron chi connectivity index (χ1n) is 7.87. The molecule has 1 aliphatic rings. The van der Waals surface area contributed by atoms with Gasteiger partial charge < -0.3 is 19.5 Å². The highest BCUT2D eigenvalue weighted by atomic mass is 16.5. The summed E-state index contributed by atoms with van der Waals surface area (Å²) in [5.41, 5.74) is 2.01. The number of amides is 2. The minimum atomic E-state index is -0.0546. The van der Waals surface area contributed by atoms with E-state index in [1.54, 1.807) is 0 Å². The number of aromatic nitrogens is 1. The SMILES string of the molecule is CCn1cc(NC(=O)N2C[C@@H](C)O[C@H](C)C2)c2ccccc21. The van der Waals surface area contributed by atoms with Gasteiger partial charge in [-0.3, -0.25) is 0 Å². The van der Waals surface area contributed by atoms with Gasteiger partial charge in [0, 0.05) is 31.2 Å². The second-order valence-electron chi connectivity index (χ2n) is 5.94. The number of nitrogens with zero attached hydrogens (tertiary/aromatic N) is 2. The predicted octanol–water partition coefficient (Wildman–Crippen LogP) is 3.30. The van der Waals surface area contributed by atoms with Crippen LogP contribution < -0.4 is 5.32 Å². The predicted molar refractivity (Wildman–Crippen MR) is 88.2 cm³/mol. The molecule has 1 N–H and O–H groups in total. The van der Waals surface area contributed by atoms with Crippen LogP contribution in [0.2, 0.25) is 0 Å². The highest BCUT2D eigenvalue weighted by Gasteiger charge is 2.26. The van der Waals surface area contributed by atoms with Gasteiger partial charge in [-0.25, -0.2) is 4.79 Å². The molecule has 1 aromatic heterocycles. The van der Waals surface area contributed by atoms with E-state index in [2.05, 4.69) is 22.9 Å². The van der Waals surface area contributed by atoms with E-state index >= 15 is 0 Å². The number of urea groups is 1. The van der Waals surface area contributed by atoms with Crippen molar-refractivity contribution in [2.75, 3.05) is 18.4 Å². The Morgan fingerprint density at radius 1 is 1.27 bits per heavy atom. The fourth-order valence-corrected chi connectivity index (χ4v) is 3.15. The first kappa shape index (κ1) is 14.9.